The van der Waals surface area contributed by atoms with Crippen LogP contribution in [-0.2, 0) is 21.0 Å². The van der Waals surface area contributed by atoms with Crippen molar-refractivity contribution in [2.45, 2.75) is 23.0 Å². The number of pyridine rings is 1. The number of benzene rings is 2. The van der Waals surface area contributed by atoms with E-state index < -0.39 is 27.7 Å². The van der Waals surface area contributed by atoms with Crippen LogP contribution in [0.15, 0.2) is 58.5 Å². The number of nitrogens with one attached hydrogen (secondary N) is 1. The molecule has 1 heterocycles. The van der Waals surface area contributed by atoms with Crippen LogP contribution >= 0.6 is 11.8 Å². The first-order valence-corrected chi connectivity index (χ1v) is 11.7. The predicted molar refractivity (Wildman–Crippen MR) is 118 cm³/mol. The maximum atomic E-state index is 12.8. The van der Waals surface area contributed by atoms with E-state index in [1.807, 2.05) is 6.92 Å². The number of anilines is 1. The minimum absolute atomic E-state index is 0.0543. The maximum absolute atomic E-state index is 12.8. The first-order valence-electron chi connectivity index (χ1n) is 9.32. The van der Waals surface area contributed by atoms with Crippen molar-refractivity contribution in [2.24, 2.45) is 0 Å². The van der Waals surface area contributed by atoms with E-state index in [0.29, 0.717) is 15.9 Å². The molecule has 0 aliphatic carbocycles. The Morgan fingerprint density at radius 3 is 2.50 bits per heavy atom. The Morgan fingerprint density at radius 1 is 1.12 bits per heavy atom. The van der Waals surface area contributed by atoms with Crippen molar-refractivity contribution in [1.29, 1.82) is 0 Å². The number of rotatable bonds is 6. The van der Waals surface area contributed by atoms with Crippen LogP contribution in [0.2, 0.25) is 0 Å². The third-order valence-electron chi connectivity index (χ3n) is 4.57. The molecule has 6 nitrogen and oxygen atoms in total. The van der Waals surface area contributed by atoms with E-state index in [1.165, 1.54) is 32.3 Å². The Balaban J connectivity index is 1.73. The van der Waals surface area contributed by atoms with Gasteiger partial charge < -0.3 is 5.32 Å². The highest BCUT2D eigenvalue weighted by Crippen LogP contribution is 2.31. The van der Waals surface area contributed by atoms with Gasteiger partial charge in [0.1, 0.15) is 0 Å². The number of carbonyl (C=O) groups is 1. The fourth-order valence-electron chi connectivity index (χ4n) is 2.90. The third kappa shape index (κ3) is 5.40. The lowest BCUT2D eigenvalue weighted by molar-refractivity contribution is -0.137. The number of hydrogen-bond donors (Lipinski definition) is 1. The third-order valence-corrected chi connectivity index (χ3v) is 7.29. The Bertz CT molecular complexity index is 1280. The highest BCUT2D eigenvalue weighted by molar-refractivity contribution is 7.99. The molecule has 0 saturated carbocycles. The summed E-state index contributed by atoms with van der Waals surface area (Å²) >= 11 is 1.13. The van der Waals surface area contributed by atoms with Crippen molar-refractivity contribution >= 4 is 44.3 Å². The summed E-state index contributed by atoms with van der Waals surface area (Å²) in [6, 6.07) is 10.8. The van der Waals surface area contributed by atoms with Crippen molar-refractivity contribution in [1.82, 2.24) is 9.29 Å². The second kappa shape index (κ2) is 9.08. The van der Waals surface area contributed by atoms with E-state index in [1.54, 1.807) is 18.2 Å². The first-order chi connectivity index (χ1) is 14.9. The van der Waals surface area contributed by atoms with Crippen LogP contribution in [0.4, 0.5) is 18.9 Å². The van der Waals surface area contributed by atoms with Crippen LogP contribution in [0.5, 0.6) is 0 Å². The smallest absolute Gasteiger partial charge is 0.325 e. The van der Waals surface area contributed by atoms with Gasteiger partial charge in [0.15, 0.2) is 0 Å². The number of halogens is 3. The van der Waals surface area contributed by atoms with Gasteiger partial charge in [-0.3, -0.25) is 4.79 Å². The number of hydrogen-bond acceptors (Lipinski definition) is 5. The number of nitrogens with zero attached hydrogens (tertiary/aromatic N) is 2. The lowest BCUT2D eigenvalue weighted by Gasteiger charge is -2.13. The number of aromatic nitrogens is 1. The fourth-order valence-corrected chi connectivity index (χ4v) is 4.60. The van der Waals surface area contributed by atoms with E-state index in [9.17, 15) is 26.4 Å². The molecule has 0 saturated heterocycles. The van der Waals surface area contributed by atoms with E-state index in [-0.39, 0.29) is 16.3 Å². The summed E-state index contributed by atoms with van der Waals surface area (Å²) in [5.41, 5.74) is 0.572. The molecule has 0 unspecified atom stereocenters. The molecule has 1 aromatic heterocycles. The molecule has 0 bridgehead atoms. The zero-order valence-corrected chi connectivity index (χ0v) is 19.0. The number of thioether (sulfide) groups is 1. The molecule has 0 spiro atoms. The van der Waals surface area contributed by atoms with Gasteiger partial charge in [-0.15, -0.1) is 0 Å². The molecule has 3 aromatic rings. The minimum Gasteiger partial charge on any atom is -0.325 e. The van der Waals surface area contributed by atoms with Gasteiger partial charge in [0.05, 0.1) is 26.8 Å². The van der Waals surface area contributed by atoms with E-state index in [2.05, 4.69) is 10.3 Å². The molecule has 0 atom stereocenters. The summed E-state index contributed by atoms with van der Waals surface area (Å²) in [5.74, 6) is -0.525. The SMILES string of the molecule is Cc1cc(SCC(=O)Nc2cccc(C(F)(F)F)c2)nc2ccc(S(=O)(=O)N(C)C)cc12. The second-order valence-corrected chi connectivity index (χ2v) is 10.3. The Labute approximate surface area is 187 Å². The number of fused-ring (bicyclic) bond motifs is 1. The average Bonchev–Trinajstić information content (AvgIpc) is 2.71. The van der Waals surface area contributed by atoms with Gasteiger partial charge in [0.25, 0.3) is 0 Å². The summed E-state index contributed by atoms with van der Waals surface area (Å²) in [4.78, 5) is 16.8. The van der Waals surface area contributed by atoms with Gasteiger partial charge in [-0.1, -0.05) is 17.8 Å². The van der Waals surface area contributed by atoms with Crippen LogP contribution < -0.4 is 5.32 Å². The van der Waals surface area contributed by atoms with Crippen LogP contribution in [0.3, 0.4) is 0 Å². The molecule has 0 aliphatic heterocycles. The van der Waals surface area contributed by atoms with Crippen molar-refractivity contribution in [2.75, 3.05) is 25.2 Å². The Morgan fingerprint density at radius 2 is 1.84 bits per heavy atom. The van der Waals surface area contributed by atoms with Gasteiger partial charge in [0, 0.05) is 25.2 Å². The van der Waals surface area contributed by atoms with Crippen molar-refractivity contribution in [3.8, 4) is 0 Å². The van der Waals surface area contributed by atoms with Gasteiger partial charge >= 0.3 is 6.18 Å². The van der Waals surface area contributed by atoms with Crippen molar-refractivity contribution in [3.63, 3.8) is 0 Å². The lowest BCUT2D eigenvalue weighted by atomic mass is 10.1. The van der Waals surface area contributed by atoms with E-state index in [4.69, 9.17) is 0 Å². The van der Waals surface area contributed by atoms with Gasteiger partial charge in [0.2, 0.25) is 15.9 Å². The topological polar surface area (TPSA) is 79.4 Å². The van der Waals surface area contributed by atoms with Gasteiger partial charge in [-0.25, -0.2) is 17.7 Å². The monoisotopic (exact) mass is 483 g/mol. The zero-order valence-electron chi connectivity index (χ0n) is 17.4. The van der Waals surface area contributed by atoms with Crippen LogP contribution in [0.1, 0.15) is 11.1 Å². The molecular weight excluding hydrogens is 463 g/mol. The predicted octanol–water partition coefficient (Wildman–Crippen LogP) is 4.54. The molecule has 1 amide bonds. The minimum atomic E-state index is -4.49. The summed E-state index contributed by atoms with van der Waals surface area (Å²) in [6.45, 7) is 1.81. The summed E-state index contributed by atoms with van der Waals surface area (Å²) in [5, 5.41) is 3.66. The van der Waals surface area contributed by atoms with Crippen molar-refractivity contribution in [3.05, 3.63) is 59.7 Å². The van der Waals surface area contributed by atoms with E-state index >= 15 is 0 Å². The van der Waals surface area contributed by atoms with Gasteiger partial charge in [-0.2, -0.15) is 13.2 Å². The molecule has 3 rings (SSSR count). The number of alkyl halides is 3. The van der Waals surface area contributed by atoms with E-state index in [0.717, 1.165) is 33.8 Å². The highest BCUT2D eigenvalue weighted by atomic mass is 32.2. The molecule has 32 heavy (non-hydrogen) atoms. The normalized spacial score (nSPS) is 12.3. The molecule has 2 aromatic carbocycles. The Hall–Kier alpha value is -2.63. The van der Waals surface area contributed by atoms with Crippen LogP contribution in [0.25, 0.3) is 10.9 Å². The molecule has 1 N–H and O–H groups in total. The highest BCUT2D eigenvalue weighted by Gasteiger charge is 2.30. The quantitative estimate of drug-likeness (QED) is 0.521. The standard InChI is InChI=1S/C21H20F3N3O3S2/c1-13-9-20(26-18-8-7-16(11-17(13)18)32(29,30)27(2)3)31-12-19(28)25-15-6-4-5-14(10-15)21(22,23)24/h4-11H,12H2,1-3H3,(H,25,28). The number of amides is 1. The Kier molecular flexibility index (Phi) is 6.82. The number of aryl methyl sites for hydroxylation is 1. The fraction of sp³-hybridized carbons (Fsp3) is 0.238. The zero-order chi connectivity index (χ0) is 23.7. The molecule has 0 radical (unpaired) electrons. The summed E-state index contributed by atoms with van der Waals surface area (Å²) in [7, 11) is -0.675. The summed E-state index contributed by atoms with van der Waals surface area (Å²) in [6.07, 6.45) is -4.49. The molecule has 170 valence electrons. The molecule has 0 fully saturated rings. The first kappa shape index (κ1) is 24.0. The number of sulfonamides is 1. The van der Waals surface area contributed by atoms with Crippen molar-refractivity contribution < 1.29 is 26.4 Å². The lowest BCUT2D eigenvalue weighted by Crippen LogP contribution is -2.22. The maximum Gasteiger partial charge on any atom is 0.416 e. The summed E-state index contributed by atoms with van der Waals surface area (Å²) < 4.78 is 64.3. The van der Waals surface area contributed by atoms with Crippen LogP contribution in [0, 0.1) is 6.92 Å². The average molecular weight is 484 g/mol. The molecule has 11 heteroatoms. The van der Waals surface area contributed by atoms with Crippen LogP contribution in [-0.4, -0.2) is 43.5 Å². The largest absolute Gasteiger partial charge is 0.416 e. The molecular formula is C21H20F3N3O3S2. The molecule has 0 aliphatic rings. The second-order valence-electron chi connectivity index (χ2n) is 7.16. The van der Waals surface area contributed by atoms with Gasteiger partial charge in [-0.05, 0) is 55.0 Å². The number of carbonyl (C=O) groups excluding carboxylic acids is 1.